The molecule has 0 amide bonds. The van der Waals surface area contributed by atoms with Crippen molar-refractivity contribution in [1.82, 2.24) is 0 Å². The first-order valence-electron chi connectivity index (χ1n) is 5.43. The Labute approximate surface area is 107 Å². The Morgan fingerprint density at radius 2 is 2.19 bits per heavy atom. The van der Waals surface area contributed by atoms with Crippen LogP contribution in [0.3, 0.4) is 0 Å². The fourth-order valence-corrected chi connectivity index (χ4v) is 2.36. The molecule has 1 unspecified atom stereocenters. The van der Waals surface area contributed by atoms with Crippen LogP contribution in [0.4, 0.5) is 0 Å². The fraction of sp³-hybridized carbons (Fsp3) is 0.500. The highest BCUT2D eigenvalue weighted by Crippen LogP contribution is 2.23. The minimum atomic E-state index is 0.597. The quantitative estimate of drug-likeness (QED) is 0.764. The van der Waals surface area contributed by atoms with Gasteiger partial charge in [0.05, 0.1) is 11.6 Å². The lowest BCUT2D eigenvalue weighted by Gasteiger charge is -2.11. The summed E-state index contributed by atoms with van der Waals surface area (Å²) in [6, 6.07) is 7.54. The number of rotatable bonds is 7. The summed E-state index contributed by atoms with van der Waals surface area (Å²) in [6.07, 6.45) is 1.05. The van der Waals surface area contributed by atoms with Gasteiger partial charge in [0.15, 0.2) is 0 Å². The molecule has 0 spiro atoms. The third-order valence-electron chi connectivity index (χ3n) is 2.15. The van der Waals surface area contributed by atoms with E-state index in [0.29, 0.717) is 16.9 Å². The molecule has 1 rings (SSSR count). The molecule has 90 valence electrons. The Bertz CT molecular complexity index is 309. The summed E-state index contributed by atoms with van der Waals surface area (Å²) in [5.74, 6) is 1.73. The minimum Gasteiger partial charge on any atom is -0.491 e. The highest BCUT2D eigenvalue weighted by molar-refractivity contribution is 7.99. The van der Waals surface area contributed by atoms with E-state index in [0.717, 1.165) is 24.5 Å². The maximum absolute atomic E-state index is 5.97. The lowest BCUT2D eigenvalue weighted by Crippen LogP contribution is -2.09. The number of nitrogens with two attached hydrogens (primary N) is 1. The summed E-state index contributed by atoms with van der Waals surface area (Å²) in [5.41, 5.74) is 5.48. The summed E-state index contributed by atoms with van der Waals surface area (Å²) in [6.45, 7) is 3.62. The summed E-state index contributed by atoms with van der Waals surface area (Å²) >= 11 is 7.85. The number of hydrogen-bond donors (Lipinski definition) is 1. The zero-order chi connectivity index (χ0) is 11.8. The SMILES string of the molecule is CC(CCN)SCCOc1ccccc1Cl. The van der Waals surface area contributed by atoms with E-state index < -0.39 is 0 Å². The van der Waals surface area contributed by atoms with E-state index in [1.165, 1.54) is 0 Å². The Morgan fingerprint density at radius 1 is 1.44 bits per heavy atom. The predicted molar refractivity (Wildman–Crippen MR) is 72.5 cm³/mol. The van der Waals surface area contributed by atoms with Crippen LogP contribution in [-0.2, 0) is 0 Å². The molecule has 0 heterocycles. The maximum atomic E-state index is 5.97. The van der Waals surface area contributed by atoms with Crippen molar-refractivity contribution in [1.29, 1.82) is 0 Å². The van der Waals surface area contributed by atoms with Crippen molar-refractivity contribution in [3.8, 4) is 5.75 Å². The zero-order valence-corrected chi connectivity index (χ0v) is 11.1. The minimum absolute atomic E-state index is 0.597. The smallest absolute Gasteiger partial charge is 0.137 e. The third-order valence-corrected chi connectivity index (χ3v) is 3.67. The first-order chi connectivity index (χ1) is 7.74. The first-order valence-corrected chi connectivity index (χ1v) is 6.85. The second-order valence-electron chi connectivity index (χ2n) is 3.54. The number of benzene rings is 1. The monoisotopic (exact) mass is 259 g/mol. The normalized spacial score (nSPS) is 12.4. The summed E-state index contributed by atoms with van der Waals surface area (Å²) in [4.78, 5) is 0. The van der Waals surface area contributed by atoms with E-state index >= 15 is 0 Å². The van der Waals surface area contributed by atoms with Crippen LogP contribution in [0.5, 0.6) is 5.75 Å². The largest absolute Gasteiger partial charge is 0.491 e. The molecule has 0 saturated carbocycles. The topological polar surface area (TPSA) is 35.2 Å². The Kier molecular flexibility index (Phi) is 6.69. The molecule has 2 N–H and O–H groups in total. The number of thioether (sulfide) groups is 1. The van der Waals surface area contributed by atoms with Gasteiger partial charge in [-0.3, -0.25) is 0 Å². The van der Waals surface area contributed by atoms with E-state index in [1.807, 2.05) is 36.0 Å². The molecule has 0 bridgehead atoms. The molecule has 1 aromatic rings. The average molecular weight is 260 g/mol. The Balaban J connectivity index is 2.19. The molecule has 4 heteroatoms. The molecule has 0 aliphatic carbocycles. The zero-order valence-electron chi connectivity index (χ0n) is 9.49. The van der Waals surface area contributed by atoms with Crippen molar-refractivity contribution in [3.63, 3.8) is 0 Å². The van der Waals surface area contributed by atoms with Crippen LogP contribution in [0.15, 0.2) is 24.3 Å². The van der Waals surface area contributed by atoms with Gasteiger partial charge in [-0.05, 0) is 25.1 Å². The van der Waals surface area contributed by atoms with Gasteiger partial charge in [-0.15, -0.1) is 0 Å². The molecule has 16 heavy (non-hydrogen) atoms. The van der Waals surface area contributed by atoms with E-state index in [2.05, 4.69) is 6.92 Å². The van der Waals surface area contributed by atoms with Crippen molar-refractivity contribution in [2.75, 3.05) is 18.9 Å². The van der Waals surface area contributed by atoms with Crippen molar-refractivity contribution in [2.45, 2.75) is 18.6 Å². The van der Waals surface area contributed by atoms with Crippen molar-refractivity contribution in [2.24, 2.45) is 5.73 Å². The van der Waals surface area contributed by atoms with Gasteiger partial charge in [-0.2, -0.15) is 11.8 Å². The van der Waals surface area contributed by atoms with Gasteiger partial charge in [0, 0.05) is 11.0 Å². The van der Waals surface area contributed by atoms with E-state index in [9.17, 15) is 0 Å². The van der Waals surface area contributed by atoms with Gasteiger partial charge < -0.3 is 10.5 Å². The van der Waals surface area contributed by atoms with E-state index in [-0.39, 0.29) is 0 Å². The Morgan fingerprint density at radius 3 is 2.88 bits per heavy atom. The van der Waals surface area contributed by atoms with Crippen LogP contribution in [0.2, 0.25) is 5.02 Å². The van der Waals surface area contributed by atoms with Crippen LogP contribution >= 0.6 is 23.4 Å². The molecule has 2 nitrogen and oxygen atoms in total. The molecular weight excluding hydrogens is 242 g/mol. The molecule has 1 aromatic carbocycles. The summed E-state index contributed by atoms with van der Waals surface area (Å²) < 4.78 is 5.58. The number of para-hydroxylation sites is 1. The van der Waals surface area contributed by atoms with Crippen molar-refractivity contribution >= 4 is 23.4 Å². The second kappa shape index (κ2) is 7.82. The second-order valence-corrected chi connectivity index (χ2v) is 5.49. The molecular formula is C12H18ClNOS. The first kappa shape index (κ1) is 13.7. The molecule has 0 aromatic heterocycles. The maximum Gasteiger partial charge on any atom is 0.137 e. The van der Waals surface area contributed by atoms with Gasteiger partial charge in [0.2, 0.25) is 0 Å². The number of halogens is 1. The fourth-order valence-electron chi connectivity index (χ4n) is 1.28. The molecule has 0 radical (unpaired) electrons. The van der Waals surface area contributed by atoms with Crippen LogP contribution in [-0.4, -0.2) is 24.2 Å². The number of hydrogen-bond acceptors (Lipinski definition) is 3. The van der Waals surface area contributed by atoms with E-state index in [4.69, 9.17) is 22.1 Å². The highest BCUT2D eigenvalue weighted by Gasteiger charge is 2.02. The van der Waals surface area contributed by atoms with Crippen LogP contribution in [0.25, 0.3) is 0 Å². The molecule has 0 aliphatic heterocycles. The molecule has 0 fully saturated rings. The lowest BCUT2D eigenvalue weighted by molar-refractivity contribution is 0.344. The highest BCUT2D eigenvalue weighted by atomic mass is 35.5. The molecule has 0 saturated heterocycles. The van der Waals surface area contributed by atoms with Crippen LogP contribution in [0.1, 0.15) is 13.3 Å². The standard InChI is InChI=1S/C12H18ClNOS/c1-10(6-7-14)16-9-8-15-12-5-3-2-4-11(12)13/h2-5,10H,6-9,14H2,1H3. The van der Waals surface area contributed by atoms with E-state index in [1.54, 1.807) is 0 Å². The lowest BCUT2D eigenvalue weighted by atomic mass is 10.3. The molecule has 1 atom stereocenters. The van der Waals surface area contributed by atoms with Gasteiger partial charge in [0.1, 0.15) is 5.75 Å². The molecule has 0 aliphatic rings. The summed E-state index contributed by atoms with van der Waals surface area (Å²) in [5, 5.41) is 1.27. The van der Waals surface area contributed by atoms with Gasteiger partial charge >= 0.3 is 0 Å². The van der Waals surface area contributed by atoms with Crippen molar-refractivity contribution < 1.29 is 4.74 Å². The number of ether oxygens (including phenoxy) is 1. The van der Waals surface area contributed by atoms with Gasteiger partial charge in [0.25, 0.3) is 0 Å². The Hall–Kier alpha value is -0.380. The third kappa shape index (κ3) is 5.10. The van der Waals surface area contributed by atoms with Crippen LogP contribution in [0, 0.1) is 0 Å². The van der Waals surface area contributed by atoms with Gasteiger partial charge in [-0.25, -0.2) is 0 Å². The van der Waals surface area contributed by atoms with Crippen molar-refractivity contribution in [3.05, 3.63) is 29.3 Å². The summed E-state index contributed by atoms with van der Waals surface area (Å²) in [7, 11) is 0. The van der Waals surface area contributed by atoms with Crippen LogP contribution < -0.4 is 10.5 Å². The average Bonchev–Trinajstić information content (AvgIpc) is 2.27. The van der Waals surface area contributed by atoms with Gasteiger partial charge in [-0.1, -0.05) is 30.7 Å². The predicted octanol–water partition coefficient (Wildman–Crippen LogP) is 3.19.